The molecule has 0 aliphatic rings. The summed E-state index contributed by atoms with van der Waals surface area (Å²) in [5.41, 5.74) is 0.807. The second-order valence-electron chi connectivity index (χ2n) is 3.30. The van der Waals surface area contributed by atoms with E-state index in [2.05, 4.69) is 22.5 Å². The molecule has 0 atom stereocenters. The second kappa shape index (κ2) is 6.73. The van der Waals surface area contributed by atoms with Crippen LogP contribution in [0.1, 0.15) is 13.3 Å². The second-order valence-corrected chi connectivity index (χ2v) is 3.30. The first-order chi connectivity index (χ1) is 7.74. The Hall–Kier alpha value is -1.69. The molecule has 0 aliphatic heterocycles. The van der Waals surface area contributed by atoms with Gasteiger partial charge in [0.2, 0.25) is 0 Å². The number of nitro groups is 1. The third-order valence-electron chi connectivity index (χ3n) is 2.04. The molecule has 1 heterocycles. The normalized spacial score (nSPS) is 10.1. The molecule has 16 heavy (non-hydrogen) atoms. The summed E-state index contributed by atoms with van der Waals surface area (Å²) < 4.78 is 0. The number of pyridine rings is 1. The van der Waals surface area contributed by atoms with Crippen molar-refractivity contribution in [3.8, 4) is 0 Å². The molecule has 0 saturated heterocycles. The highest BCUT2D eigenvalue weighted by Crippen LogP contribution is 2.10. The van der Waals surface area contributed by atoms with Gasteiger partial charge in [0.15, 0.2) is 6.20 Å². The summed E-state index contributed by atoms with van der Waals surface area (Å²) in [6.45, 7) is 4.82. The van der Waals surface area contributed by atoms with Gasteiger partial charge in [-0.3, -0.25) is 0 Å². The van der Waals surface area contributed by atoms with Crippen molar-refractivity contribution in [1.82, 2.24) is 10.3 Å². The maximum Gasteiger partial charge on any atom is 0.363 e. The van der Waals surface area contributed by atoms with Crippen LogP contribution >= 0.6 is 0 Å². The monoisotopic (exact) mass is 224 g/mol. The van der Waals surface area contributed by atoms with Crippen LogP contribution in [-0.4, -0.2) is 29.5 Å². The Morgan fingerprint density at radius 3 is 2.81 bits per heavy atom. The Bertz CT molecular complexity index is 326. The molecular weight excluding hydrogens is 208 g/mol. The Morgan fingerprint density at radius 1 is 1.44 bits per heavy atom. The highest BCUT2D eigenvalue weighted by atomic mass is 16.6. The smallest absolute Gasteiger partial charge is 0.363 e. The van der Waals surface area contributed by atoms with Gasteiger partial charge >= 0.3 is 5.82 Å². The van der Waals surface area contributed by atoms with E-state index in [0.29, 0.717) is 0 Å². The maximum absolute atomic E-state index is 10.4. The molecule has 6 heteroatoms. The van der Waals surface area contributed by atoms with Crippen LogP contribution in [0.4, 0.5) is 11.5 Å². The molecule has 0 amide bonds. The summed E-state index contributed by atoms with van der Waals surface area (Å²) >= 11 is 0. The van der Waals surface area contributed by atoms with E-state index in [9.17, 15) is 10.1 Å². The van der Waals surface area contributed by atoms with Crippen LogP contribution < -0.4 is 10.6 Å². The molecule has 0 radical (unpaired) electrons. The summed E-state index contributed by atoms with van der Waals surface area (Å²) in [5, 5.41) is 16.7. The van der Waals surface area contributed by atoms with Crippen molar-refractivity contribution in [2.24, 2.45) is 0 Å². The van der Waals surface area contributed by atoms with Gasteiger partial charge in [0.1, 0.15) is 0 Å². The van der Waals surface area contributed by atoms with E-state index >= 15 is 0 Å². The number of rotatable bonds is 7. The third-order valence-corrected chi connectivity index (χ3v) is 2.04. The SMILES string of the molecule is CCNCCCNc1ccc([N+](=O)[O-])nc1. The van der Waals surface area contributed by atoms with Crippen molar-refractivity contribution >= 4 is 11.5 Å². The van der Waals surface area contributed by atoms with Gasteiger partial charge in [-0.15, -0.1) is 0 Å². The van der Waals surface area contributed by atoms with E-state index in [0.717, 1.165) is 31.7 Å². The molecule has 0 aromatic carbocycles. The predicted octanol–water partition coefficient (Wildman–Crippen LogP) is 1.40. The Balaban J connectivity index is 2.29. The summed E-state index contributed by atoms with van der Waals surface area (Å²) in [5.74, 6) is -0.127. The zero-order chi connectivity index (χ0) is 11.8. The molecule has 0 spiro atoms. The van der Waals surface area contributed by atoms with Crippen LogP contribution in [-0.2, 0) is 0 Å². The van der Waals surface area contributed by atoms with E-state index in [-0.39, 0.29) is 5.82 Å². The maximum atomic E-state index is 10.4. The average Bonchev–Trinajstić information content (AvgIpc) is 2.29. The lowest BCUT2D eigenvalue weighted by atomic mass is 10.3. The largest absolute Gasteiger partial charge is 0.382 e. The molecule has 0 fully saturated rings. The lowest BCUT2D eigenvalue weighted by molar-refractivity contribution is -0.389. The average molecular weight is 224 g/mol. The van der Waals surface area contributed by atoms with Gasteiger partial charge in [0.25, 0.3) is 0 Å². The van der Waals surface area contributed by atoms with Gasteiger partial charge in [-0.1, -0.05) is 6.92 Å². The molecule has 6 nitrogen and oxygen atoms in total. The van der Waals surface area contributed by atoms with Crippen LogP contribution in [0, 0.1) is 10.1 Å². The minimum atomic E-state index is -0.505. The number of nitrogens with zero attached hydrogens (tertiary/aromatic N) is 2. The summed E-state index contributed by atoms with van der Waals surface area (Å²) in [6.07, 6.45) is 2.48. The molecule has 0 bridgehead atoms. The van der Waals surface area contributed by atoms with Gasteiger partial charge < -0.3 is 20.7 Å². The van der Waals surface area contributed by atoms with Gasteiger partial charge in [0, 0.05) is 12.6 Å². The first-order valence-electron chi connectivity index (χ1n) is 5.29. The zero-order valence-electron chi connectivity index (χ0n) is 9.27. The molecule has 1 aromatic heterocycles. The molecule has 0 unspecified atom stereocenters. The highest BCUT2D eigenvalue weighted by Gasteiger charge is 2.05. The fourth-order valence-electron chi connectivity index (χ4n) is 1.22. The fourth-order valence-corrected chi connectivity index (χ4v) is 1.22. The number of nitrogens with one attached hydrogen (secondary N) is 2. The van der Waals surface area contributed by atoms with Crippen LogP contribution in [0.5, 0.6) is 0 Å². The minimum absolute atomic E-state index is 0.127. The van der Waals surface area contributed by atoms with Crippen molar-refractivity contribution in [1.29, 1.82) is 0 Å². The van der Waals surface area contributed by atoms with E-state index in [1.54, 1.807) is 6.07 Å². The van der Waals surface area contributed by atoms with E-state index in [1.807, 2.05) is 0 Å². The van der Waals surface area contributed by atoms with Crippen molar-refractivity contribution in [2.45, 2.75) is 13.3 Å². The van der Waals surface area contributed by atoms with Gasteiger partial charge in [-0.2, -0.15) is 0 Å². The van der Waals surface area contributed by atoms with E-state index in [1.165, 1.54) is 12.3 Å². The van der Waals surface area contributed by atoms with Crippen LogP contribution in [0.15, 0.2) is 18.3 Å². The summed E-state index contributed by atoms with van der Waals surface area (Å²) in [7, 11) is 0. The standard InChI is InChI=1S/C10H16N4O2/c1-2-11-6-3-7-12-9-4-5-10(13-8-9)14(15)16/h4-5,8,11-12H,2-3,6-7H2,1H3. The molecule has 2 N–H and O–H groups in total. The lowest BCUT2D eigenvalue weighted by Gasteiger charge is -2.04. The zero-order valence-corrected chi connectivity index (χ0v) is 9.27. The van der Waals surface area contributed by atoms with E-state index < -0.39 is 4.92 Å². The quantitative estimate of drug-likeness (QED) is 0.415. The van der Waals surface area contributed by atoms with Gasteiger partial charge in [-0.25, -0.2) is 0 Å². The van der Waals surface area contributed by atoms with Gasteiger partial charge in [-0.05, 0) is 35.5 Å². The number of hydrogen-bond donors (Lipinski definition) is 2. The minimum Gasteiger partial charge on any atom is -0.382 e. The van der Waals surface area contributed by atoms with Crippen molar-refractivity contribution in [3.63, 3.8) is 0 Å². The first-order valence-corrected chi connectivity index (χ1v) is 5.29. The van der Waals surface area contributed by atoms with Gasteiger partial charge in [0.05, 0.1) is 5.69 Å². The summed E-state index contributed by atoms with van der Waals surface area (Å²) in [6, 6.07) is 3.06. The van der Waals surface area contributed by atoms with Crippen LogP contribution in [0.3, 0.4) is 0 Å². The molecular formula is C10H16N4O2. The Labute approximate surface area is 94.2 Å². The number of aromatic nitrogens is 1. The molecule has 1 rings (SSSR count). The molecule has 0 aliphatic carbocycles. The predicted molar refractivity (Wildman–Crippen MR) is 62.5 cm³/mol. The number of anilines is 1. The van der Waals surface area contributed by atoms with E-state index in [4.69, 9.17) is 0 Å². The first kappa shape index (κ1) is 12.4. The van der Waals surface area contributed by atoms with Crippen LogP contribution in [0.25, 0.3) is 0 Å². The van der Waals surface area contributed by atoms with Crippen molar-refractivity contribution < 1.29 is 4.92 Å². The number of hydrogen-bond acceptors (Lipinski definition) is 5. The third kappa shape index (κ3) is 4.22. The van der Waals surface area contributed by atoms with Crippen molar-refractivity contribution in [2.75, 3.05) is 25.0 Å². The summed E-state index contributed by atoms with van der Waals surface area (Å²) in [4.78, 5) is 13.6. The fraction of sp³-hybridized carbons (Fsp3) is 0.500. The Morgan fingerprint density at radius 2 is 2.25 bits per heavy atom. The Kier molecular flexibility index (Phi) is 5.21. The molecule has 0 saturated carbocycles. The molecule has 1 aromatic rings. The topological polar surface area (TPSA) is 80.1 Å². The molecule has 88 valence electrons. The lowest BCUT2D eigenvalue weighted by Crippen LogP contribution is -2.17. The van der Waals surface area contributed by atoms with Crippen LogP contribution in [0.2, 0.25) is 0 Å². The van der Waals surface area contributed by atoms with Crippen molar-refractivity contribution in [3.05, 3.63) is 28.4 Å². The highest BCUT2D eigenvalue weighted by molar-refractivity contribution is 5.43.